The molecule has 3 aromatic heterocycles. The van der Waals surface area contributed by atoms with Gasteiger partial charge in [0.15, 0.2) is 16.7 Å². The molecule has 0 N–H and O–H groups in total. The van der Waals surface area contributed by atoms with Crippen LogP contribution in [0.4, 0.5) is 0 Å². The van der Waals surface area contributed by atoms with Gasteiger partial charge in [-0.3, -0.25) is 0 Å². The van der Waals surface area contributed by atoms with Crippen LogP contribution in [0.25, 0.3) is 23.0 Å². The van der Waals surface area contributed by atoms with E-state index in [9.17, 15) is 0 Å². The summed E-state index contributed by atoms with van der Waals surface area (Å²) in [4.78, 5) is 4.37. The van der Waals surface area contributed by atoms with Crippen molar-refractivity contribution in [2.45, 2.75) is 50.6 Å². The predicted octanol–water partition coefficient (Wildman–Crippen LogP) is 5.20. The molecule has 4 rings (SSSR count). The highest BCUT2D eigenvalue weighted by Gasteiger charge is 2.18. The molecule has 0 atom stereocenters. The fourth-order valence-electron chi connectivity index (χ4n) is 2.96. The molecule has 0 bridgehead atoms. The minimum absolute atomic E-state index is 0.122. The summed E-state index contributed by atoms with van der Waals surface area (Å²) in [6, 6.07) is 12.1. The molecular weight excluding hydrogens is 386 g/mol. The lowest BCUT2D eigenvalue weighted by Crippen LogP contribution is -2.10. The number of nitrogens with zero attached hydrogens (tertiary/aromatic N) is 5. The molecule has 0 aliphatic carbocycles. The van der Waals surface area contributed by atoms with Crippen LogP contribution >= 0.6 is 11.8 Å². The zero-order valence-electron chi connectivity index (χ0n) is 16.9. The van der Waals surface area contributed by atoms with E-state index in [1.54, 1.807) is 18.4 Å². The molecule has 4 aromatic rings. The SMILES string of the molecule is CCn1c(SCc2nc(-c3ccco3)no2)nnc1-c1ccc(C(C)(C)C)cc1. The molecule has 0 unspecified atom stereocenters. The van der Waals surface area contributed by atoms with E-state index >= 15 is 0 Å². The van der Waals surface area contributed by atoms with Crippen molar-refractivity contribution in [2.24, 2.45) is 0 Å². The number of rotatable bonds is 6. The number of aromatic nitrogens is 5. The van der Waals surface area contributed by atoms with E-state index in [1.165, 1.54) is 17.3 Å². The fourth-order valence-corrected chi connectivity index (χ4v) is 3.80. The quantitative estimate of drug-likeness (QED) is 0.405. The van der Waals surface area contributed by atoms with E-state index in [4.69, 9.17) is 8.94 Å². The van der Waals surface area contributed by atoms with E-state index in [2.05, 4.69) is 76.9 Å². The van der Waals surface area contributed by atoms with E-state index in [1.807, 2.05) is 0 Å². The zero-order valence-corrected chi connectivity index (χ0v) is 17.7. The second kappa shape index (κ2) is 7.87. The molecule has 1 aromatic carbocycles. The van der Waals surface area contributed by atoms with Crippen LogP contribution < -0.4 is 0 Å². The molecule has 8 heteroatoms. The molecule has 0 fully saturated rings. The Hall–Kier alpha value is -2.87. The average Bonchev–Trinajstić information content (AvgIpc) is 3.45. The maximum absolute atomic E-state index is 5.32. The second-order valence-corrected chi connectivity index (χ2v) is 8.60. The van der Waals surface area contributed by atoms with E-state index in [-0.39, 0.29) is 5.41 Å². The van der Waals surface area contributed by atoms with Crippen molar-refractivity contribution >= 4 is 11.8 Å². The van der Waals surface area contributed by atoms with Gasteiger partial charge in [0.2, 0.25) is 11.7 Å². The summed E-state index contributed by atoms with van der Waals surface area (Å²) < 4.78 is 12.7. The molecule has 0 spiro atoms. The summed E-state index contributed by atoms with van der Waals surface area (Å²) in [5.41, 5.74) is 2.47. The first-order chi connectivity index (χ1) is 14.0. The van der Waals surface area contributed by atoms with Crippen molar-refractivity contribution in [3.8, 4) is 23.0 Å². The number of benzene rings is 1. The Bertz CT molecular complexity index is 1080. The minimum atomic E-state index is 0.122. The highest BCUT2D eigenvalue weighted by molar-refractivity contribution is 7.98. The van der Waals surface area contributed by atoms with Gasteiger partial charge in [0, 0.05) is 12.1 Å². The molecule has 0 aliphatic rings. The number of hydrogen-bond donors (Lipinski definition) is 0. The van der Waals surface area contributed by atoms with E-state index in [0.29, 0.717) is 23.2 Å². The molecule has 0 amide bonds. The highest BCUT2D eigenvalue weighted by atomic mass is 32.2. The molecular formula is C21H23N5O2S. The van der Waals surface area contributed by atoms with Crippen LogP contribution in [0.2, 0.25) is 0 Å². The van der Waals surface area contributed by atoms with Crippen LogP contribution in [0.5, 0.6) is 0 Å². The topological polar surface area (TPSA) is 82.8 Å². The van der Waals surface area contributed by atoms with Crippen molar-refractivity contribution in [1.29, 1.82) is 0 Å². The molecule has 0 saturated heterocycles. The van der Waals surface area contributed by atoms with Crippen molar-refractivity contribution in [2.75, 3.05) is 0 Å². The van der Waals surface area contributed by atoms with Crippen LogP contribution in [-0.2, 0) is 17.7 Å². The summed E-state index contributed by atoms with van der Waals surface area (Å²) >= 11 is 1.52. The van der Waals surface area contributed by atoms with Crippen LogP contribution in [-0.4, -0.2) is 24.9 Å². The first-order valence-electron chi connectivity index (χ1n) is 9.49. The van der Waals surface area contributed by atoms with Crippen LogP contribution in [0.1, 0.15) is 39.1 Å². The summed E-state index contributed by atoms with van der Waals surface area (Å²) in [7, 11) is 0. The highest BCUT2D eigenvalue weighted by Crippen LogP contribution is 2.29. The van der Waals surface area contributed by atoms with Crippen molar-refractivity contribution in [3.05, 3.63) is 54.1 Å². The fraction of sp³-hybridized carbons (Fsp3) is 0.333. The Morgan fingerprint density at radius 3 is 2.52 bits per heavy atom. The molecule has 29 heavy (non-hydrogen) atoms. The lowest BCUT2D eigenvalue weighted by Gasteiger charge is -2.19. The third-order valence-electron chi connectivity index (χ3n) is 4.58. The largest absolute Gasteiger partial charge is 0.461 e. The van der Waals surface area contributed by atoms with Gasteiger partial charge in [-0.2, -0.15) is 4.98 Å². The van der Waals surface area contributed by atoms with Crippen LogP contribution in [0.15, 0.2) is 56.8 Å². The minimum Gasteiger partial charge on any atom is -0.461 e. The Kier molecular flexibility index (Phi) is 5.27. The lowest BCUT2D eigenvalue weighted by atomic mass is 9.87. The standard InChI is InChI=1S/C21H23N5O2S/c1-5-26-19(14-8-10-15(11-9-14)21(2,3)4)23-24-20(26)29-13-17-22-18(25-28-17)16-7-6-12-27-16/h6-12H,5,13H2,1-4H3. The second-order valence-electron chi connectivity index (χ2n) is 7.66. The molecule has 0 saturated carbocycles. The first-order valence-corrected chi connectivity index (χ1v) is 10.5. The Morgan fingerprint density at radius 2 is 1.86 bits per heavy atom. The molecule has 0 radical (unpaired) electrons. The molecule has 0 aliphatic heterocycles. The van der Waals surface area contributed by atoms with Gasteiger partial charge in [0.05, 0.1) is 12.0 Å². The van der Waals surface area contributed by atoms with Gasteiger partial charge < -0.3 is 13.5 Å². The number of thioether (sulfide) groups is 1. The van der Waals surface area contributed by atoms with Crippen LogP contribution in [0, 0.1) is 0 Å². The Labute approximate surface area is 173 Å². The average molecular weight is 410 g/mol. The van der Waals surface area contributed by atoms with E-state index in [0.717, 1.165) is 23.1 Å². The van der Waals surface area contributed by atoms with Crippen molar-refractivity contribution in [3.63, 3.8) is 0 Å². The molecule has 150 valence electrons. The van der Waals surface area contributed by atoms with Gasteiger partial charge in [-0.1, -0.05) is 62.0 Å². The van der Waals surface area contributed by atoms with Crippen molar-refractivity contribution < 1.29 is 8.94 Å². The summed E-state index contributed by atoms with van der Waals surface area (Å²) in [5, 5.41) is 13.6. The lowest BCUT2D eigenvalue weighted by molar-refractivity contribution is 0.390. The van der Waals surface area contributed by atoms with E-state index < -0.39 is 0 Å². The van der Waals surface area contributed by atoms with Gasteiger partial charge in [0.1, 0.15) is 0 Å². The maximum atomic E-state index is 5.32. The third-order valence-corrected chi connectivity index (χ3v) is 5.53. The van der Waals surface area contributed by atoms with Gasteiger partial charge >= 0.3 is 0 Å². The smallest absolute Gasteiger partial charge is 0.238 e. The molecule has 7 nitrogen and oxygen atoms in total. The normalized spacial score (nSPS) is 11.9. The van der Waals surface area contributed by atoms with Gasteiger partial charge in [-0.05, 0) is 30.0 Å². The summed E-state index contributed by atoms with van der Waals surface area (Å²) in [5.74, 6) is 2.92. The molecule has 3 heterocycles. The first kappa shape index (κ1) is 19.4. The third kappa shape index (κ3) is 4.12. The van der Waals surface area contributed by atoms with Gasteiger partial charge in [-0.25, -0.2) is 0 Å². The number of furan rings is 1. The van der Waals surface area contributed by atoms with Crippen molar-refractivity contribution in [1.82, 2.24) is 24.9 Å². The Balaban J connectivity index is 1.50. The predicted molar refractivity (Wildman–Crippen MR) is 111 cm³/mol. The van der Waals surface area contributed by atoms with Gasteiger partial charge in [-0.15, -0.1) is 10.2 Å². The summed E-state index contributed by atoms with van der Waals surface area (Å²) in [6.07, 6.45) is 1.58. The number of hydrogen-bond acceptors (Lipinski definition) is 7. The monoisotopic (exact) mass is 409 g/mol. The summed E-state index contributed by atoms with van der Waals surface area (Å²) in [6.45, 7) is 9.48. The maximum Gasteiger partial charge on any atom is 0.238 e. The zero-order chi connectivity index (χ0) is 20.4. The Morgan fingerprint density at radius 1 is 1.07 bits per heavy atom. The van der Waals surface area contributed by atoms with Gasteiger partial charge in [0.25, 0.3) is 0 Å². The van der Waals surface area contributed by atoms with Crippen LogP contribution in [0.3, 0.4) is 0 Å².